The normalized spacial score (nSPS) is 21.7. The van der Waals surface area contributed by atoms with E-state index in [1.165, 1.54) is 123 Å². The van der Waals surface area contributed by atoms with E-state index in [4.69, 9.17) is 19.5 Å². The topological polar surface area (TPSA) is 205 Å². The van der Waals surface area contributed by atoms with Crippen molar-refractivity contribution < 1.29 is 181 Å². The van der Waals surface area contributed by atoms with Crippen molar-refractivity contribution in [3.8, 4) is 22.8 Å². The zero-order valence-corrected chi connectivity index (χ0v) is 56.4. The molecule has 4 aliphatic heterocycles. The van der Waals surface area contributed by atoms with Gasteiger partial charge in [-0.05, 0) is 201 Å². The Labute approximate surface area is 574 Å². The zero-order valence-electron chi connectivity index (χ0n) is 45.8. The number of halogens is 3. The van der Waals surface area contributed by atoms with Gasteiger partial charge in [0.15, 0.2) is 0 Å². The van der Waals surface area contributed by atoms with E-state index in [9.17, 15) is 0 Å². The fourth-order valence-electron chi connectivity index (χ4n) is 11.0. The molecule has 6 fully saturated rings. The number of ether oxygens (including phenoxy) is 2. The zero-order chi connectivity index (χ0) is 45.7. The smallest absolute Gasteiger partial charge is 1.00 e. The first kappa shape index (κ1) is 70.8. The monoisotopic (exact) mass is 1170 g/mol. The Kier molecular flexibility index (Phi) is 36.0. The Balaban J connectivity index is 0. The number of rotatable bonds is 14. The number of hydrogen-bond acceptors (Lipinski definition) is 14. The van der Waals surface area contributed by atoms with Crippen LogP contribution in [0.25, 0.3) is 22.8 Å². The fraction of sp³-hybridized carbons (Fsp3) is 0.694. The molecule has 10 rings (SSSR count). The van der Waals surface area contributed by atoms with Crippen molar-refractivity contribution in [2.75, 3.05) is 51.3 Å². The maximum atomic E-state index is 8.64. The molecule has 0 bridgehead atoms. The van der Waals surface area contributed by atoms with Crippen LogP contribution in [-0.2, 0) is 46.1 Å². The Bertz CT molecular complexity index is 2040. The van der Waals surface area contributed by atoms with Gasteiger partial charge in [0.1, 0.15) is 11.4 Å². The van der Waals surface area contributed by atoms with Crippen LogP contribution in [0.5, 0.6) is 0 Å². The molecule has 71 heavy (non-hydrogen) atoms. The van der Waals surface area contributed by atoms with Crippen LogP contribution in [0.4, 0.5) is 0 Å². The van der Waals surface area contributed by atoms with Crippen LogP contribution in [-0.4, -0.2) is 115 Å². The van der Waals surface area contributed by atoms with Gasteiger partial charge in [-0.15, -0.1) is 35.0 Å². The molecule has 2 spiro atoms. The molecule has 0 radical (unpaired) electrons. The van der Waals surface area contributed by atoms with Crippen molar-refractivity contribution in [3.05, 3.63) is 59.2 Å². The van der Waals surface area contributed by atoms with Gasteiger partial charge in [0.05, 0.1) is 47.4 Å². The summed E-state index contributed by atoms with van der Waals surface area (Å²) in [5.74, 6) is 1.80. The van der Waals surface area contributed by atoms with Crippen LogP contribution in [0.2, 0.25) is 0 Å². The molecule has 0 aromatic carbocycles. The second-order valence-electron chi connectivity index (χ2n) is 19.3. The van der Waals surface area contributed by atoms with Crippen molar-refractivity contribution in [2.24, 2.45) is 36.8 Å². The molecule has 22 heteroatoms. The second-order valence-corrected chi connectivity index (χ2v) is 20.1. The first-order valence-corrected chi connectivity index (χ1v) is 25.4. The summed E-state index contributed by atoms with van der Waals surface area (Å²) in [6, 6.07) is 8.46. The van der Waals surface area contributed by atoms with Gasteiger partial charge in [-0.2, -0.15) is 20.4 Å². The van der Waals surface area contributed by atoms with Crippen molar-refractivity contribution >= 4 is 47.2 Å². The number of likely N-dealkylation sites (tertiary alicyclic amines) is 1. The molecule has 0 amide bonds. The molecule has 2 saturated carbocycles. The third kappa shape index (κ3) is 21.1. The van der Waals surface area contributed by atoms with Crippen molar-refractivity contribution in [1.82, 2.24) is 56.3 Å². The van der Waals surface area contributed by atoms with E-state index in [-0.39, 0.29) is 194 Å². The summed E-state index contributed by atoms with van der Waals surface area (Å²) in [5, 5.41) is 39.4. The van der Waals surface area contributed by atoms with Crippen molar-refractivity contribution in [1.29, 1.82) is 0 Å². The number of aryl methyl sites for hydroxylation is 6. The minimum absolute atomic E-state index is 0. The molecule has 4 aromatic heterocycles. The summed E-state index contributed by atoms with van der Waals surface area (Å²) in [6.45, 7) is 12.1. The minimum atomic E-state index is -0.181. The van der Waals surface area contributed by atoms with Gasteiger partial charge >= 0.3 is 154 Å². The number of aromatic nitrogens is 8. The molecular formula is C49H79BrCl2K3N11O5. The van der Waals surface area contributed by atoms with Gasteiger partial charge in [0.25, 0.3) is 6.47 Å². The summed E-state index contributed by atoms with van der Waals surface area (Å²) in [4.78, 5) is 13.9. The van der Waals surface area contributed by atoms with Crippen LogP contribution in [0, 0.1) is 36.5 Å². The first-order chi connectivity index (χ1) is 31.7. The number of carbonyl (C=O) groups excluding carboxylic acids is 1. The van der Waals surface area contributed by atoms with E-state index in [0.29, 0.717) is 23.0 Å². The Morgan fingerprint density at radius 1 is 0.746 bits per heavy atom. The summed E-state index contributed by atoms with van der Waals surface area (Å²) >= 11 is 3.38. The number of nitrogens with zero attached hydrogens (tertiary/aromatic N) is 9. The predicted octanol–water partition coefficient (Wildman–Crippen LogP) is -1.08. The van der Waals surface area contributed by atoms with Gasteiger partial charge in [-0.3, -0.25) is 14.2 Å². The predicted molar refractivity (Wildman–Crippen MR) is 273 cm³/mol. The molecular weight excluding hydrogens is 1090 g/mol. The molecule has 2 aliphatic carbocycles. The molecule has 8 heterocycles. The second kappa shape index (κ2) is 36.1. The maximum Gasteiger partial charge on any atom is 1.00 e. The number of carbonyl (C=O) groups is 1. The van der Waals surface area contributed by atoms with E-state index < -0.39 is 0 Å². The van der Waals surface area contributed by atoms with Crippen molar-refractivity contribution in [3.63, 3.8) is 0 Å². The number of alkyl halides is 1. The third-order valence-electron chi connectivity index (χ3n) is 15.1. The summed E-state index contributed by atoms with van der Waals surface area (Å²) < 4.78 is 14.9. The quantitative estimate of drug-likeness (QED) is 0.0508. The molecule has 4 N–H and O–H groups in total. The number of piperidine rings is 2. The van der Waals surface area contributed by atoms with E-state index in [1.807, 2.05) is 35.9 Å². The Morgan fingerprint density at radius 2 is 1.20 bits per heavy atom. The summed E-state index contributed by atoms with van der Waals surface area (Å²) in [7, 11) is 3.90. The fourth-order valence-corrected chi connectivity index (χ4v) is 11.5. The molecule has 16 nitrogen and oxygen atoms in total. The van der Waals surface area contributed by atoms with Gasteiger partial charge in [-0.1, -0.05) is 15.9 Å². The van der Waals surface area contributed by atoms with Gasteiger partial charge in [-0.25, -0.2) is 0 Å². The van der Waals surface area contributed by atoms with Crippen LogP contribution < -0.4 is 171 Å². The van der Waals surface area contributed by atoms with Crippen LogP contribution >= 0.6 is 40.7 Å². The third-order valence-corrected chi connectivity index (χ3v) is 15.6. The average molecular weight is 1170 g/mol. The Morgan fingerprint density at radius 3 is 1.56 bits per heavy atom. The van der Waals surface area contributed by atoms with E-state index in [0.717, 1.165) is 88.5 Å². The minimum Gasteiger partial charge on any atom is -1.00 e. The molecule has 6 aliphatic rings. The standard InChI is InChI=1S/C24H35N5O.C18H25N5.C6H11BrO.CH2O3.2ClH.3K.H3N.2H/c1-18-17-25-28(2)23(18)22-8-7-20(26-27-22)6-5-19-16-24(19)10-13-29(14-11-24)12-9-21-4-3-15-30-21;1-13-12-20-23(2)17(13)16-6-5-15(21-22-16)4-3-14-11-18(14)7-9-19-10-8-18;7-4-3-6-2-1-5-8-6;2-1-4-3;;;;;;;;/h7-8,17,19,21H,3-6,9-16H2,1-2H3;5-6,12,14,19H,3-4,7-11H2,1-2H3;6H,1-5H2;1,3H;2*1H;;;;1H3;;/q;;;;;;3*+1;;2*-1/p-1. The molecule has 4 saturated heterocycles. The average Bonchev–Trinajstić information content (AvgIpc) is 3.71. The van der Waals surface area contributed by atoms with E-state index >= 15 is 0 Å². The van der Waals surface area contributed by atoms with Gasteiger partial charge in [0.2, 0.25) is 0 Å². The van der Waals surface area contributed by atoms with Crippen molar-refractivity contribution in [2.45, 2.75) is 129 Å². The van der Waals surface area contributed by atoms with Crippen LogP contribution in [0.1, 0.15) is 115 Å². The molecule has 384 valence electrons. The maximum absolute atomic E-state index is 8.64. The van der Waals surface area contributed by atoms with E-state index in [2.05, 4.69) is 99.7 Å². The van der Waals surface area contributed by atoms with Gasteiger partial charge < -0.3 is 38.8 Å². The van der Waals surface area contributed by atoms with Crippen LogP contribution in [0.15, 0.2) is 36.7 Å². The Hall–Kier alpha value is 1.78. The van der Waals surface area contributed by atoms with Crippen LogP contribution in [0.3, 0.4) is 0 Å². The first-order valence-electron chi connectivity index (χ1n) is 24.2. The summed E-state index contributed by atoms with van der Waals surface area (Å²) in [6.07, 6.45) is 25.3. The number of hydrogen-bond donors (Lipinski definition) is 2. The largest absolute Gasteiger partial charge is 1.00 e. The SMILES string of the molecule is BrCCC1CCCO1.Cc1cnn(C)c1-c1ccc(CCC2CC23CCN(CCC2CCCO2)CC3)nn1.Cc1cnn(C)c1-c1ccc(CCC2CC23CCNCC3)nn1.Cl.Cl.N.O=CO[O-].[H-].[H-].[K+].[K+].[K+]. The van der Waals surface area contributed by atoms with E-state index in [1.54, 1.807) is 0 Å². The summed E-state index contributed by atoms with van der Waals surface area (Å²) in [5.41, 5.74) is 9.76. The molecule has 4 aromatic rings. The molecule has 4 atom stereocenters. The van der Waals surface area contributed by atoms with Gasteiger partial charge in [0, 0.05) is 39.2 Å². The molecule has 4 unspecified atom stereocenters. The number of nitrogens with one attached hydrogen (secondary N) is 1.